The maximum absolute atomic E-state index is 10.8. The second-order valence-electron chi connectivity index (χ2n) is 1.83. The van der Waals surface area contributed by atoms with Crippen LogP contribution in [0.25, 0.3) is 0 Å². The summed E-state index contributed by atoms with van der Waals surface area (Å²) in [6, 6.07) is 1.70. The van der Waals surface area contributed by atoms with Gasteiger partial charge in [-0.1, -0.05) is 0 Å². The van der Waals surface area contributed by atoms with Crippen LogP contribution < -0.4 is 10.3 Å². The molecule has 54 valence electrons. The summed E-state index contributed by atoms with van der Waals surface area (Å²) in [4.78, 5) is 14.6. The average Bonchev–Trinajstić information content (AvgIpc) is 1.95. The number of hydrogen-bond acceptors (Lipinski definition) is 3. The Balaban J connectivity index is 3.28. The first kappa shape index (κ1) is 6.80. The zero-order valence-corrected chi connectivity index (χ0v) is 5.87. The topological polar surface area (TPSA) is 44.1 Å². The van der Waals surface area contributed by atoms with Gasteiger partial charge in [-0.25, -0.2) is 4.98 Å². The zero-order valence-electron chi connectivity index (χ0n) is 5.87. The predicted molar refractivity (Wildman–Crippen MR) is 36.0 cm³/mol. The molecule has 0 aliphatic carbocycles. The Bertz CT molecular complexity index is 279. The highest BCUT2D eigenvalue weighted by Gasteiger charge is 1.96. The Morgan fingerprint density at radius 1 is 1.70 bits per heavy atom. The van der Waals surface area contributed by atoms with Crippen LogP contribution in [0.4, 0.5) is 0 Å². The molecule has 10 heavy (non-hydrogen) atoms. The van der Waals surface area contributed by atoms with Crippen molar-refractivity contribution in [2.24, 2.45) is 7.05 Å². The first-order valence-corrected chi connectivity index (χ1v) is 2.81. The quantitative estimate of drug-likeness (QED) is 0.542. The van der Waals surface area contributed by atoms with Gasteiger partial charge < -0.3 is 4.74 Å². The minimum absolute atomic E-state index is 0.119. The van der Waals surface area contributed by atoms with Crippen molar-refractivity contribution in [1.29, 1.82) is 0 Å². The summed E-state index contributed by atoms with van der Waals surface area (Å²) in [5.74, 6) is 0. The third-order valence-corrected chi connectivity index (χ3v) is 1.20. The van der Waals surface area contributed by atoms with E-state index in [2.05, 4.69) is 4.98 Å². The standard InChI is InChI=1S/C6H8N2O2/c1-8-5(9)3-4-7-6(8)10-2/h3-4H,1-2H3. The van der Waals surface area contributed by atoms with Crippen molar-refractivity contribution in [2.45, 2.75) is 0 Å². The zero-order chi connectivity index (χ0) is 7.56. The van der Waals surface area contributed by atoms with E-state index in [0.29, 0.717) is 6.01 Å². The van der Waals surface area contributed by atoms with Gasteiger partial charge in [0.05, 0.1) is 7.11 Å². The van der Waals surface area contributed by atoms with E-state index >= 15 is 0 Å². The van der Waals surface area contributed by atoms with E-state index in [4.69, 9.17) is 4.74 Å². The Kier molecular flexibility index (Phi) is 1.71. The van der Waals surface area contributed by atoms with Crippen molar-refractivity contribution in [3.63, 3.8) is 0 Å². The van der Waals surface area contributed by atoms with Gasteiger partial charge in [-0.15, -0.1) is 0 Å². The highest BCUT2D eigenvalue weighted by molar-refractivity contribution is 4.96. The second-order valence-corrected chi connectivity index (χ2v) is 1.83. The summed E-state index contributed by atoms with van der Waals surface area (Å²) < 4.78 is 6.11. The molecule has 0 saturated heterocycles. The van der Waals surface area contributed by atoms with Crippen LogP contribution in [0.3, 0.4) is 0 Å². The van der Waals surface area contributed by atoms with Crippen LogP contribution in [0.5, 0.6) is 6.01 Å². The molecule has 1 heterocycles. The van der Waals surface area contributed by atoms with Gasteiger partial charge in [0.25, 0.3) is 11.6 Å². The van der Waals surface area contributed by atoms with Gasteiger partial charge >= 0.3 is 0 Å². The number of methoxy groups -OCH3 is 1. The molecule has 4 nitrogen and oxygen atoms in total. The van der Waals surface area contributed by atoms with Crippen molar-refractivity contribution < 1.29 is 4.74 Å². The predicted octanol–water partition coefficient (Wildman–Crippen LogP) is -0.211. The summed E-state index contributed by atoms with van der Waals surface area (Å²) in [6.45, 7) is 0. The molecule has 0 aliphatic heterocycles. The van der Waals surface area contributed by atoms with E-state index in [1.807, 2.05) is 0 Å². The SMILES string of the molecule is COc1nccc(=O)n1C. The number of hydrogen-bond donors (Lipinski definition) is 0. The molecule has 4 heteroatoms. The lowest BCUT2D eigenvalue weighted by atomic mass is 10.6. The lowest BCUT2D eigenvalue weighted by molar-refractivity contribution is 0.356. The number of aromatic nitrogens is 2. The lowest BCUT2D eigenvalue weighted by Crippen LogP contribution is -2.17. The van der Waals surface area contributed by atoms with Gasteiger partial charge in [-0.05, 0) is 0 Å². The molecule has 1 rings (SSSR count). The monoisotopic (exact) mass is 140 g/mol. The molecule has 0 fully saturated rings. The molecule has 0 radical (unpaired) electrons. The molecule has 0 saturated carbocycles. The largest absolute Gasteiger partial charge is 0.468 e. The van der Waals surface area contributed by atoms with Crippen molar-refractivity contribution in [2.75, 3.05) is 7.11 Å². The number of ether oxygens (including phenoxy) is 1. The van der Waals surface area contributed by atoms with Gasteiger partial charge in [0.2, 0.25) is 0 Å². The van der Waals surface area contributed by atoms with Crippen LogP contribution in [-0.4, -0.2) is 16.7 Å². The van der Waals surface area contributed by atoms with Gasteiger partial charge in [-0.2, -0.15) is 0 Å². The smallest absolute Gasteiger partial charge is 0.298 e. The van der Waals surface area contributed by atoms with E-state index in [9.17, 15) is 4.79 Å². The molecule has 0 atom stereocenters. The summed E-state index contributed by atoms with van der Waals surface area (Å²) in [5.41, 5.74) is -0.119. The molecule has 1 aromatic heterocycles. The van der Waals surface area contributed by atoms with Crippen LogP contribution in [0.1, 0.15) is 0 Å². The van der Waals surface area contributed by atoms with Crippen molar-refractivity contribution in [3.05, 3.63) is 22.6 Å². The molecule has 1 aromatic rings. The summed E-state index contributed by atoms with van der Waals surface area (Å²) in [6.07, 6.45) is 1.42. The normalized spacial score (nSPS) is 9.40. The first-order chi connectivity index (χ1) is 4.75. The molecule has 0 spiro atoms. The summed E-state index contributed by atoms with van der Waals surface area (Å²) >= 11 is 0. The van der Waals surface area contributed by atoms with E-state index in [1.165, 1.54) is 23.9 Å². The third kappa shape index (κ3) is 1.00. The fourth-order valence-corrected chi connectivity index (χ4v) is 0.647. The van der Waals surface area contributed by atoms with Crippen LogP contribution in [-0.2, 0) is 7.05 Å². The molecule has 0 bridgehead atoms. The molecule has 0 amide bonds. The molecular weight excluding hydrogens is 132 g/mol. The Morgan fingerprint density at radius 2 is 2.40 bits per heavy atom. The molecule has 0 aromatic carbocycles. The average molecular weight is 140 g/mol. The highest BCUT2D eigenvalue weighted by Crippen LogP contribution is 1.95. The molecule has 0 aliphatic rings. The van der Waals surface area contributed by atoms with Crippen molar-refractivity contribution in [3.8, 4) is 6.01 Å². The van der Waals surface area contributed by atoms with E-state index < -0.39 is 0 Å². The second kappa shape index (κ2) is 2.51. The minimum Gasteiger partial charge on any atom is -0.468 e. The molecule has 0 N–H and O–H groups in total. The van der Waals surface area contributed by atoms with E-state index in [-0.39, 0.29) is 5.56 Å². The maximum Gasteiger partial charge on any atom is 0.298 e. The maximum atomic E-state index is 10.8. The van der Waals surface area contributed by atoms with Crippen LogP contribution in [0.2, 0.25) is 0 Å². The Morgan fingerprint density at radius 3 is 2.90 bits per heavy atom. The van der Waals surface area contributed by atoms with Crippen LogP contribution >= 0.6 is 0 Å². The van der Waals surface area contributed by atoms with E-state index in [1.54, 1.807) is 7.05 Å². The molecular formula is C6H8N2O2. The third-order valence-electron chi connectivity index (χ3n) is 1.20. The van der Waals surface area contributed by atoms with Gasteiger partial charge in [0, 0.05) is 19.3 Å². The van der Waals surface area contributed by atoms with Crippen molar-refractivity contribution in [1.82, 2.24) is 9.55 Å². The number of rotatable bonds is 1. The number of nitrogens with zero attached hydrogens (tertiary/aromatic N) is 2. The van der Waals surface area contributed by atoms with Crippen LogP contribution in [0, 0.1) is 0 Å². The summed E-state index contributed by atoms with van der Waals surface area (Å²) in [5, 5.41) is 0. The van der Waals surface area contributed by atoms with Gasteiger partial charge in [0.15, 0.2) is 0 Å². The summed E-state index contributed by atoms with van der Waals surface area (Å²) in [7, 11) is 3.08. The fourth-order valence-electron chi connectivity index (χ4n) is 0.647. The van der Waals surface area contributed by atoms with Gasteiger partial charge in [-0.3, -0.25) is 9.36 Å². The van der Waals surface area contributed by atoms with Gasteiger partial charge in [0.1, 0.15) is 0 Å². The first-order valence-electron chi connectivity index (χ1n) is 2.81. The van der Waals surface area contributed by atoms with Crippen molar-refractivity contribution >= 4 is 0 Å². The van der Waals surface area contributed by atoms with Crippen LogP contribution in [0.15, 0.2) is 17.1 Å². The van der Waals surface area contributed by atoms with E-state index in [0.717, 1.165) is 0 Å². The highest BCUT2D eigenvalue weighted by atomic mass is 16.5. The minimum atomic E-state index is -0.119. The Hall–Kier alpha value is -1.32. The lowest BCUT2D eigenvalue weighted by Gasteiger charge is -2.01. The molecule has 0 unspecified atom stereocenters. The fraction of sp³-hybridized carbons (Fsp3) is 0.333. The Labute approximate surface area is 58.1 Å².